The molecule has 2 rings (SSSR count). The smallest absolute Gasteiger partial charge is 0.240 e. The quantitative estimate of drug-likeness (QED) is 0.619. The molecule has 1 aliphatic carbocycles. The van der Waals surface area contributed by atoms with E-state index in [0.29, 0.717) is 5.89 Å². The van der Waals surface area contributed by atoms with Crippen molar-refractivity contribution in [2.24, 2.45) is 0 Å². The molecule has 1 unspecified atom stereocenters. The van der Waals surface area contributed by atoms with Gasteiger partial charge in [0.1, 0.15) is 5.60 Å². The molecule has 0 N–H and O–H groups in total. The molecule has 1 heterocycles. The van der Waals surface area contributed by atoms with Crippen molar-refractivity contribution in [3.8, 4) is 0 Å². The second-order valence-corrected chi connectivity index (χ2v) is 6.05. The van der Waals surface area contributed by atoms with Crippen LogP contribution >= 0.6 is 15.9 Å². The highest BCUT2D eigenvalue weighted by molar-refractivity contribution is 9.09. The molecule has 0 radical (unpaired) electrons. The Balaban J connectivity index is 2.23. The Morgan fingerprint density at radius 1 is 1.33 bits per heavy atom. The predicted molar refractivity (Wildman–Crippen MR) is 72.6 cm³/mol. The number of hydrogen-bond donors (Lipinski definition) is 0. The molecule has 0 amide bonds. The van der Waals surface area contributed by atoms with Gasteiger partial charge in [0.05, 0.1) is 4.83 Å². The molecule has 1 aromatic rings. The van der Waals surface area contributed by atoms with Crippen LogP contribution in [-0.4, -0.2) is 17.3 Å². The lowest BCUT2D eigenvalue weighted by Gasteiger charge is -2.27. The van der Waals surface area contributed by atoms with Gasteiger partial charge in [0.25, 0.3) is 0 Å². The van der Waals surface area contributed by atoms with Crippen molar-refractivity contribution in [3.63, 3.8) is 0 Å². The second kappa shape index (κ2) is 6.15. The van der Waals surface area contributed by atoms with Gasteiger partial charge in [0.15, 0.2) is 0 Å². The molecule has 1 saturated carbocycles. The van der Waals surface area contributed by atoms with Crippen LogP contribution in [0.1, 0.15) is 68.4 Å². The molecule has 102 valence electrons. The van der Waals surface area contributed by atoms with Gasteiger partial charge >= 0.3 is 0 Å². The van der Waals surface area contributed by atoms with Crippen molar-refractivity contribution in [1.82, 2.24) is 10.1 Å². The Morgan fingerprint density at radius 2 is 2.00 bits per heavy atom. The summed E-state index contributed by atoms with van der Waals surface area (Å²) in [5, 5.41) is 4.15. The van der Waals surface area contributed by atoms with E-state index in [-0.39, 0.29) is 10.4 Å². The third-order valence-electron chi connectivity index (χ3n) is 3.78. The Hall–Kier alpha value is -0.420. The third kappa shape index (κ3) is 2.77. The first kappa shape index (κ1) is 14.0. The van der Waals surface area contributed by atoms with Gasteiger partial charge in [0, 0.05) is 7.11 Å². The summed E-state index contributed by atoms with van der Waals surface area (Å²) in [4.78, 5) is 4.68. The molecule has 5 heteroatoms. The zero-order valence-corrected chi connectivity index (χ0v) is 12.7. The predicted octanol–water partition coefficient (Wildman–Crippen LogP) is 4.11. The van der Waals surface area contributed by atoms with Gasteiger partial charge < -0.3 is 9.26 Å². The minimum Gasteiger partial charge on any atom is -0.370 e. The number of halogens is 1. The topological polar surface area (TPSA) is 48.2 Å². The number of aromatic nitrogens is 2. The molecule has 1 fully saturated rings. The molecule has 0 spiro atoms. The molecule has 1 aliphatic rings. The summed E-state index contributed by atoms with van der Waals surface area (Å²) >= 11 is 3.54. The monoisotopic (exact) mass is 316 g/mol. The maximum absolute atomic E-state index is 5.77. The first-order valence-corrected chi connectivity index (χ1v) is 7.66. The van der Waals surface area contributed by atoms with Gasteiger partial charge in [-0.05, 0) is 19.3 Å². The summed E-state index contributed by atoms with van der Waals surface area (Å²) < 4.78 is 11.1. The van der Waals surface area contributed by atoms with Crippen LogP contribution in [-0.2, 0) is 10.3 Å². The SMILES string of the molecule is CCC(Br)c1nc(C2(OC)CCCCCC2)no1. The van der Waals surface area contributed by atoms with Crippen molar-refractivity contribution in [2.75, 3.05) is 7.11 Å². The van der Waals surface area contributed by atoms with Gasteiger partial charge in [0.2, 0.25) is 11.7 Å². The van der Waals surface area contributed by atoms with E-state index in [0.717, 1.165) is 25.1 Å². The van der Waals surface area contributed by atoms with Crippen molar-refractivity contribution in [1.29, 1.82) is 0 Å². The molecule has 1 aromatic heterocycles. The van der Waals surface area contributed by atoms with E-state index < -0.39 is 0 Å². The van der Waals surface area contributed by atoms with Crippen LogP contribution in [0.5, 0.6) is 0 Å². The van der Waals surface area contributed by atoms with Gasteiger partial charge in [-0.15, -0.1) is 0 Å². The summed E-state index contributed by atoms with van der Waals surface area (Å²) in [6.07, 6.45) is 7.79. The van der Waals surface area contributed by atoms with Crippen molar-refractivity contribution >= 4 is 15.9 Å². The normalized spacial score (nSPS) is 21.5. The Bertz CT molecular complexity index is 373. The number of hydrogen-bond acceptors (Lipinski definition) is 4. The minimum atomic E-state index is -0.335. The Labute approximate surface area is 117 Å². The van der Waals surface area contributed by atoms with Gasteiger partial charge in [-0.3, -0.25) is 0 Å². The van der Waals surface area contributed by atoms with Crippen LogP contribution in [0.4, 0.5) is 0 Å². The first-order valence-electron chi connectivity index (χ1n) is 6.75. The van der Waals surface area contributed by atoms with E-state index >= 15 is 0 Å². The Kier molecular flexibility index (Phi) is 4.78. The van der Waals surface area contributed by atoms with E-state index in [2.05, 4.69) is 33.0 Å². The van der Waals surface area contributed by atoms with E-state index in [9.17, 15) is 0 Å². The summed E-state index contributed by atoms with van der Waals surface area (Å²) in [6.45, 7) is 2.08. The fourth-order valence-corrected chi connectivity index (χ4v) is 2.73. The van der Waals surface area contributed by atoms with E-state index in [1.165, 1.54) is 25.7 Å². The number of alkyl halides is 1. The molecule has 0 saturated heterocycles. The first-order chi connectivity index (χ1) is 8.72. The average Bonchev–Trinajstić information content (AvgIpc) is 2.78. The molecule has 0 aliphatic heterocycles. The largest absolute Gasteiger partial charge is 0.370 e. The molecule has 0 aromatic carbocycles. The zero-order chi connectivity index (χ0) is 13.0. The average molecular weight is 317 g/mol. The van der Waals surface area contributed by atoms with Gasteiger partial charge in [-0.1, -0.05) is 53.7 Å². The van der Waals surface area contributed by atoms with E-state index in [4.69, 9.17) is 9.26 Å². The lowest BCUT2D eigenvalue weighted by Crippen LogP contribution is -2.29. The summed E-state index contributed by atoms with van der Waals surface area (Å²) in [5.41, 5.74) is -0.335. The van der Waals surface area contributed by atoms with E-state index in [1.54, 1.807) is 7.11 Å². The van der Waals surface area contributed by atoms with Crippen LogP contribution < -0.4 is 0 Å². The Morgan fingerprint density at radius 3 is 2.56 bits per heavy atom. The van der Waals surface area contributed by atoms with Crippen molar-refractivity contribution < 1.29 is 9.26 Å². The van der Waals surface area contributed by atoms with Crippen molar-refractivity contribution in [3.05, 3.63) is 11.7 Å². The van der Waals surface area contributed by atoms with Gasteiger partial charge in [-0.25, -0.2) is 0 Å². The van der Waals surface area contributed by atoms with Crippen LogP contribution in [0.2, 0.25) is 0 Å². The standard InChI is InChI=1S/C13H21BrN2O2/c1-3-10(14)11-15-12(16-18-11)13(17-2)8-6-4-5-7-9-13/h10H,3-9H2,1-2H3. The number of nitrogens with zero attached hydrogens (tertiary/aromatic N) is 2. The van der Waals surface area contributed by atoms with E-state index in [1.807, 2.05) is 0 Å². The lowest BCUT2D eigenvalue weighted by atomic mass is 9.93. The summed E-state index contributed by atoms with van der Waals surface area (Å²) in [7, 11) is 1.76. The number of ether oxygens (including phenoxy) is 1. The third-order valence-corrected chi connectivity index (χ3v) is 4.82. The molecule has 1 atom stereocenters. The highest BCUT2D eigenvalue weighted by atomic mass is 79.9. The molecule has 18 heavy (non-hydrogen) atoms. The maximum atomic E-state index is 5.77. The van der Waals surface area contributed by atoms with Crippen molar-refractivity contribution in [2.45, 2.75) is 62.3 Å². The fourth-order valence-electron chi connectivity index (χ4n) is 2.54. The number of methoxy groups -OCH3 is 1. The zero-order valence-electron chi connectivity index (χ0n) is 11.1. The molecular weight excluding hydrogens is 296 g/mol. The highest BCUT2D eigenvalue weighted by Crippen LogP contribution is 2.38. The van der Waals surface area contributed by atoms with Gasteiger partial charge in [-0.2, -0.15) is 4.98 Å². The molecular formula is C13H21BrN2O2. The van der Waals surface area contributed by atoms with Crippen LogP contribution in [0.3, 0.4) is 0 Å². The van der Waals surface area contributed by atoms with Crippen LogP contribution in [0.15, 0.2) is 4.52 Å². The highest BCUT2D eigenvalue weighted by Gasteiger charge is 2.37. The lowest BCUT2D eigenvalue weighted by molar-refractivity contribution is -0.0365. The summed E-state index contributed by atoms with van der Waals surface area (Å²) in [5.74, 6) is 1.38. The second-order valence-electron chi connectivity index (χ2n) is 4.94. The minimum absolute atomic E-state index is 0.137. The fraction of sp³-hybridized carbons (Fsp3) is 0.846. The van der Waals surface area contributed by atoms with Crippen LogP contribution in [0.25, 0.3) is 0 Å². The molecule has 0 bridgehead atoms. The van der Waals surface area contributed by atoms with Crippen LogP contribution in [0, 0.1) is 0 Å². The molecule has 4 nitrogen and oxygen atoms in total. The maximum Gasteiger partial charge on any atom is 0.240 e. The summed E-state index contributed by atoms with van der Waals surface area (Å²) in [6, 6.07) is 0. The number of rotatable bonds is 4.